The number of halogens is 1. The molecule has 124 valence electrons. The Hall–Kier alpha value is -1.37. The highest BCUT2D eigenvalue weighted by molar-refractivity contribution is 7.91. The summed E-state index contributed by atoms with van der Waals surface area (Å²) in [7, 11) is -2.86. The monoisotopic (exact) mass is 353 g/mol. The van der Waals surface area contributed by atoms with Crippen LogP contribution in [0.25, 0.3) is 5.69 Å². The standard InChI is InChI=1S/C16H20ClN3O2S/c1-11-16(9-18-14-7-8-23(21,22)10-14)12(2)20(19-11)15-5-3-13(17)4-6-15/h3-6,14,18H,7-10H2,1-2H3. The molecule has 2 aromatic rings. The molecule has 1 fully saturated rings. The van der Waals surface area contributed by atoms with Crippen LogP contribution in [0.15, 0.2) is 24.3 Å². The van der Waals surface area contributed by atoms with Crippen LogP contribution in [0, 0.1) is 13.8 Å². The Morgan fingerprint density at radius 2 is 2.00 bits per heavy atom. The van der Waals surface area contributed by atoms with Gasteiger partial charge in [-0.1, -0.05) is 11.6 Å². The number of hydrogen-bond acceptors (Lipinski definition) is 4. The molecule has 1 aliphatic rings. The fourth-order valence-corrected chi connectivity index (χ4v) is 4.80. The van der Waals surface area contributed by atoms with Crippen LogP contribution in [0.4, 0.5) is 0 Å². The first kappa shape index (κ1) is 16.5. The number of rotatable bonds is 4. The van der Waals surface area contributed by atoms with Gasteiger partial charge in [-0.2, -0.15) is 5.10 Å². The molecule has 7 heteroatoms. The van der Waals surface area contributed by atoms with E-state index in [0.29, 0.717) is 18.0 Å². The largest absolute Gasteiger partial charge is 0.309 e. The van der Waals surface area contributed by atoms with Gasteiger partial charge < -0.3 is 5.32 Å². The quantitative estimate of drug-likeness (QED) is 0.916. The van der Waals surface area contributed by atoms with Crippen molar-refractivity contribution in [3.8, 4) is 5.69 Å². The Kier molecular flexibility index (Phi) is 4.49. The van der Waals surface area contributed by atoms with Crippen molar-refractivity contribution in [2.45, 2.75) is 32.9 Å². The molecule has 0 aliphatic carbocycles. The minimum Gasteiger partial charge on any atom is -0.309 e. The van der Waals surface area contributed by atoms with Crippen LogP contribution < -0.4 is 5.32 Å². The van der Waals surface area contributed by atoms with Crippen molar-refractivity contribution in [1.82, 2.24) is 15.1 Å². The minimum absolute atomic E-state index is 0.0395. The van der Waals surface area contributed by atoms with E-state index in [2.05, 4.69) is 10.4 Å². The van der Waals surface area contributed by atoms with Crippen LogP contribution in [-0.4, -0.2) is 35.7 Å². The maximum Gasteiger partial charge on any atom is 0.151 e. The number of aryl methyl sites for hydroxylation is 1. The van der Waals surface area contributed by atoms with Crippen LogP contribution in [0.1, 0.15) is 23.4 Å². The zero-order valence-electron chi connectivity index (χ0n) is 13.2. The van der Waals surface area contributed by atoms with Gasteiger partial charge >= 0.3 is 0 Å². The first-order chi connectivity index (χ1) is 10.9. The molecule has 1 aromatic heterocycles. The van der Waals surface area contributed by atoms with Gasteiger partial charge in [-0.25, -0.2) is 13.1 Å². The van der Waals surface area contributed by atoms with Gasteiger partial charge in [0.05, 0.1) is 22.9 Å². The first-order valence-corrected chi connectivity index (χ1v) is 9.80. The molecule has 0 bridgehead atoms. The van der Waals surface area contributed by atoms with Crippen molar-refractivity contribution >= 4 is 21.4 Å². The molecule has 0 spiro atoms. The summed E-state index contributed by atoms with van der Waals surface area (Å²) in [5.41, 5.74) is 4.08. The van der Waals surface area contributed by atoms with Gasteiger partial charge in [-0.15, -0.1) is 0 Å². The minimum atomic E-state index is -2.86. The molecule has 0 saturated carbocycles. The van der Waals surface area contributed by atoms with Crippen molar-refractivity contribution in [3.63, 3.8) is 0 Å². The van der Waals surface area contributed by atoms with E-state index in [0.717, 1.165) is 22.6 Å². The summed E-state index contributed by atoms with van der Waals surface area (Å²) in [6.07, 6.45) is 0.686. The lowest BCUT2D eigenvalue weighted by atomic mass is 10.1. The Labute approximate surface area is 141 Å². The van der Waals surface area contributed by atoms with Crippen LogP contribution in [-0.2, 0) is 16.4 Å². The number of nitrogens with zero attached hydrogens (tertiary/aromatic N) is 2. The maximum atomic E-state index is 11.5. The third-order valence-corrected chi connectivity index (χ3v) is 6.33. The smallest absolute Gasteiger partial charge is 0.151 e. The summed E-state index contributed by atoms with van der Waals surface area (Å²) >= 11 is 5.93. The van der Waals surface area contributed by atoms with E-state index in [4.69, 9.17) is 11.6 Å². The van der Waals surface area contributed by atoms with Crippen molar-refractivity contribution in [2.75, 3.05) is 11.5 Å². The summed E-state index contributed by atoms with van der Waals surface area (Å²) in [5.74, 6) is 0.517. The third-order valence-electron chi connectivity index (χ3n) is 4.31. The fraction of sp³-hybridized carbons (Fsp3) is 0.438. The summed E-state index contributed by atoms with van der Waals surface area (Å²) in [6.45, 7) is 4.63. The lowest BCUT2D eigenvalue weighted by molar-refractivity contribution is 0.552. The molecule has 1 aliphatic heterocycles. The number of aromatic nitrogens is 2. The van der Waals surface area contributed by atoms with E-state index in [1.54, 1.807) is 0 Å². The second-order valence-electron chi connectivity index (χ2n) is 6.02. The van der Waals surface area contributed by atoms with Crippen LogP contribution in [0.3, 0.4) is 0 Å². The topological polar surface area (TPSA) is 64.0 Å². The van der Waals surface area contributed by atoms with E-state index in [1.807, 2.05) is 42.8 Å². The molecule has 1 N–H and O–H groups in total. The Balaban J connectivity index is 1.77. The molecule has 0 amide bonds. The molecular formula is C16H20ClN3O2S. The predicted octanol–water partition coefficient (Wildman–Crippen LogP) is 2.42. The predicted molar refractivity (Wildman–Crippen MR) is 91.9 cm³/mol. The van der Waals surface area contributed by atoms with Crippen LogP contribution in [0.5, 0.6) is 0 Å². The number of hydrogen-bond donors (Lipinski definition) is 1. The SMILES string of the molecule is Cc1nn(-c2ccc(Cl)cc2)c(C)c1CNC1CCS(=O)(=O)C1. The Morgan fingerprint density at radius 3 is 2.61 bits per heavy atom. The highest BCUT2D eigenvalue weighted by atomic mass is 35.5. The van der Waals surface area contributed by atoms with Crippen LogP contribution >= 0.6 is 11.6 Å². The summed E-state index contributed by atoms with van der Waals surface area (Å²) < 4.78 is 25.0. The van der Waals surface area contributed by atoms with Crippen molar-refractivity contribution in [2.24, 2.45) is 0 Å². The summed E-state index contributed by atoms with van der Waals surface area (Å²) in [5, 5.41) is 8.65. The van der Waals surface area contributed by atoms with Gasteiger partial charge in [0.15, 0.2) is 9.84 Å². The van der Waals surface area contributed by atoms with E-state index in [1.165, 1.54) is 0 Å². The Morgan fingerprint density at radius 1 is 1.30 bits per heavy atom. The van der Waals surface area contributed by atoms with E-state index in [9.17, 15) is 8.42 Å². The molecule has 1 unspecified atom stereocenters. The van der Waals surface area contributed by atoms with Gasteiger partial charge in [-0.3, -0.25) is 0 Å². The van der Waals surface area contributed by atoms with Gasteiger partial charge in [-0.05, 0) is 44.5 Å². The van der Waals surface area contributed by atoms with Crippen molar-refractivity contribution in [3.05, 3.63) is 46.2 Å². The average Bonchev–Trinajstić information content (AvgIpc) is 2.98. The molecule has 1 saturated heterocycles. The summed E-state index contributed by atoms with van der Waals surface area (Å²) in [4.78, 5) is 0. The third kappa shape index (κ3) is 3.59. The molecule has 2 heterocycles. The maximum absolute atomic E-state index is 11.5. The number of sulfone groups is 1. The summed E-state index contributed by atoms with van der Waals surface area (Å²) in [6, 6.07) is 7.59. The zero-order valence-corrected chi connectivity index (χ0v) is 14.8. The van der Waals surface area contributed by atoms with Crippen molar-refractivity contribution in [1.29, 1.82) is 0 Å². The lowest BCUT2D eigenvalue weighted by Crippen LogP contribution is -2.29. The number of benzene rings is 1. The average molecular weight is 354 g/mol. The molecular weight excluding hydrogens is 334 g/mol. The number of nitrogens with one attached hydrogen (secondary N) is 1. The van der Waals surface area contributed by atoms with E-state index in [-0.39, 0.29) is 17.5 Å². The molecule has 23 heavy (non-hydrogen) atoms. The van der Waals surface area contributed by atoms with Gasteiger partial charge in [0, 0.05) is 28.9 Å². The van der Waals surface area contributed by atoms with E-state index >= 15 is 0 Å². The first-order valence-electron chi connectivity index (χ1n) is 7.60. The lowest BCUT2D eigenvalue weighted by Gasteiger charge is -2.11. The molecule has 1 atom stereocenters. The fourth-order valence-electron chi connectivity index (χ4n) is 2.97. The zero-order chi connectivity index (χ0) is 16.6. The highest BCUT2D eigenvalue weighted by Gasteiger charge is 2.27. The van der Waals surface area contributed by atoms with Gasteiger partial charge in [0.1, 0.15) is 0 Å². The highest BCUT2D eigenvalue weighted by Crippen LogP contribution is 2.20. The van der Waals surface area contributed by atoms with Crippen LogP contribution in [0.2, 0.25) is 5.02 Å². The van der Waals surface area contributed by atoms with E-state index < -0.39 is 9.84 Å². The van der Waals surface area contributed by atoms with Gasteiger partial charge in [0.25, 0.3) is 0 Å². The molecule has 0 radical (unpaired) electrons. The van der Waals surface area contributed by atoms with Crippen molar-refractivity contribution < 1.29 is 8.42 Å². The second kappa shape index (κ2) is 6.26. The Bertz CT molecular complexity index is 813. The van der Waals surface area contributed by atoms with Gasteiger partial charge in [0.2, 0.25) is 0 Å². The second-order valence-corrected chi connectivity index (χ2v) is 8.68. The normalized spacial score (nSPS) is 20.0. The molecule has 1 aromatic carbocycles. The molecule has 5 nitrogen and oxygen atoms in total. The molecule has 3 rings (SSSR count).